The Balaban J connectivity index is 1.65. The number of benzene rings is 2. The molecule has 1 N–H and O–H groups in total. The van der Waals surface area contributed by atoms with Crippen molar-refractivity contribution in [2.24, 2.45) is 4.99 Å². The summed E-state index contributed by atoms with van der Waals surface area (Å²) in [7, 11) is 0. The van der Waals surface area contributed by atoms with E-state index in [1.54, 1.807) is 12.1 Å². The molecule has 3 heterocycles. The van der Waals surface area contributed by atoms with Crippen LogP contribution in [0.1, 0.15) is 19.4 Å². The number of rotatable bonds is 1. The van der Waals surface area contributed by atoms with E-state index >= 15 is 0 Å². The summed E-state index contributed by atoms with van der Waals surface area (Å²) in [4.78, 5) is 9.72. The lowest BCUT2D eigenvalue weighted by molar-refractivity contribution is 0.149. The molecule has 1 fully saturated rings. The number of amidine groups is 1. The molecule has 5 rings (SSSR count). The summed E-state index contributed by atoms with van der Waals surface area (Å²) >= 11 is 1.48. The number of piperazine rings is 1. The van der Waals surface area contributed by atoms with Gasteiger partial charge in [0.05, 0.1) is 16.9 Å². The van der Waals surface area contributed by atoms with Gasteiger partial charge in [-0.05, 0) is 50.2 Å². The maximum absolute atomic E-state index is 13.9. The average molecular weight is 413 g/mol. The van der Waals surface area contributed by atoms with Crippen LogP contribution in [-0.2, 0) is 0 Å². The van der Waals surface area contributed by atoms with Gasteiger partial charge in [-0.3, -0.25) is 4.90 Å². The highest BCUT2D eigenvalue weighted by molar-refractivity contribution is 7.23. The monoisotopic (exact) mass is 412 g/mol. The fourth-order valence-corrected chi connectivity index (χ4v) is 5.19. The van der Waals surface area contributed by atoms with E-state index in [4.69, 9.17) is 4.99 Å². The lowest BCUT2D eigenvalue weighted by Crippen LogP contribution is -2.50. The minimum Gasteiger partial charge on any atom is -0.353 e. The van der Waals surface area contributed by atoms with Crippen LogP contribution < -0.4 is 5.32 Å². The van der Waals surface area contributed by atoms with Gasteiger partial charge < -0.3 is 10.2 Å². The minimum atomic E-state index is -0.311. The summed E-state index contributed by atoms with van der Waals surface area (Å²) in [5, 5.41) is 5.20. The molecule has 0 spiro atoms. The normalized spacial score (nSPS) is 17.0. The van der Waals surface area contributed by atoms with E-state index in [0.717, 1.165) is 52.7 Å². The van der Waals surface area contributed by atoms with Gasteiger partial charge >= 0.3 is 0 Å². The number of nitrogens with zero attached hydrogens (tertiary/aromatic N) is 3. The Labute approximate surface area is 172 Å². The Morgan fingerprint density at radius 1 is 1.00 bits per heavy atom. The molecular weight excluding hydrogens is 390 g/mol. The molecule has 0 atom stereocenters. The molecule has 1 aromatic heterocycles. The van der Waals surface area contributed by atoms with Gasteiger partial charge in [0.25, 0.3) is 0 Å². The van der Waals surface area contributed by atoms with E-state index < -0.39 is 0 Å². The molecule has 0 aliphatic carbocycles. The van der Waals surface area contributed by atoms with Crippen LogP contribution in [0.4, 0.5) is 25.2 Å². The highest BCUT2D eigenvalue weighted by Gasteiger charge is 2.28. The van der Waals surface area contributed by atoms with E-state index in [1.807, 2.05) is 6.07 Å². The van der Waals surface area contributed by atoms with Crippen molar-refractivity contribution >= 4 is 43.6 Å². The van der Waals surface area contributed by atoms with Crippen molar-refractivity contribution < 1.29 is 8.78 Å². The zero-order chi connectivity index (χ0) is 20.1. The Morgan fingerprint density at radius 2 is 1.72 bits per heavy atom. The predicted molar refractivity (Wildman–Crippen MR) is 116 cm³/mol. The van der Waals surface area contributed by atoms with Crippen molar-refractivity contribution in [1.29, 1.82) is 0 Å². The summed E-state index contributed by atoms with van der Waals surface area (Å²) in [5.41, 5.74) is 2.32. The second-order valence-electron chi connectivity index (χ2n) is 7.79. The molecule has 7 heteroatoms. The Bertz CT molecular complexity index is 1110. The van der Waals surface area contributed by atoms with Crippen LogP contribution >= 0.6 is 11.3 Å². The third kappa shape index (κ3) is 3.28. The first-order chi connectivity index (χ1) is 14.0. The first kappa shape index (κ1) is 18.5. The van der Waals surface area contributed by atoms with Gasteiger partial charge in [-0.1, -0.05) is 0 Å². The SMILES string of the molecule is CC(C)N1CCN(C2=Nc3ccc(F)cc3Nc3sc4cc(F)ccc4c32)CC1. The molecule has 2 aliphatic heterocycles. The molecule has 0 amide bonds. The van der Waals surface area contributed by atoms with Crippen molar-refractivity contribution in [1.82, 2.24) is 9.80 Å². The van der Waals surface area contributed by atoms with E-state index in [1.165, 1.54) is 29.5 Å². The average Bonchev–Trinajstić information content (AvgIpc) is 2.96. The van der Waals surface area contributed by atoms with Gasteiger partial charge in [0.2, 0.25) is 0 Å². The van der Waals surface area contributed by atoms with Gasteiger partial charge in [0.15, 0.2) is 0 Å². The van der Waals surface area contributed by atoms with Crippen molar-refractivity contribution in [3.05, 3.63) is 53.6 Å². The fraction of sp³-hybridized carbons (Fsp3) is 0.318. The molecule has 1 saturated heterocycles. The molecule has 29 heavy (non-hydrogen) atoms. The van der Waals surface area contributed by atoms with Gasteiger partial charge in [-0.25, -0.2) is 13.8 Å². The number of fused-ring (bicyclic) bond motifs is 4. The molecule has 2 aromatic carbocycles. The molecule has 0 saturated carbocycles. The zero-order valence-electron chi connectivity index (χ0n) is 16.4. The fourth-order valence-electron chi connectivity index (χ4n) is 4.06. The second kappa shape index (κ2) is 7.07. The van der Waals surface area contributed by atoms with Crippen molar-refractivity contribution in [3.63, 3.8) is 0 Å². The third-order valence-corrected chi connectivity index (χ3v) is 6.72. The standard InChI is InChI=1S/C22H22F2N4S/c1-13(2)27-7-9-28(10-8-27)21-20-16-5-3-15(24)12-19(16)29-22(20)26-18-11-14(23)4-6-17(18)25-21/h3-6,11-13,26H,7-10H2,1-2H3. The summed E-state index contributed by atoms with van der Waals surface area (Å²) in [5.74, 6) is 0.303. The van der Waals surface area contributed by atoms with Crippen LogP contribution in [0.2, 0.25) is 0 Å². The van der Waals surface area contributed by atoms with Crippen LogP contribution in [-0.4, -0.2) is 47.9 Å². The van der Waals surface area contributed by atoms with Crippen LogP contribution in [0.25, 0.3) is 10.1 Å². The van der Waals surface area contributed by atoms with Crippen LogP contribution in [0.15, 0.2) is 41.4 Å². The number of nitrogens with one attached hydrogen (secondary N) is 1. The Hall–Kier alpha value is -2.51. The van der Waals surface area contributed by atoms with Crippen molar-refractivity contribution in [3.8, 4) is 0 Å². The molecule has 0 unspecified atom stereocenters. The Kier molecular flexibility index (Phi) is 4.52. The maximum atomic E-state index is 13.9. The van der Waals surface area contributed by atoms with Crippen molar-refractivity contribution in [2.75, 3.05) is 31.5 Å². The molecular formula is C22H22F2N4S. The molecule has 3 aromatic rings. The first-order valence-electron chi connectivity index (χ1n) is 9.86. The Morgan fingerprint density at radius 3 is 2.48 bits per heavy atom. The quantitative estimate of drug-likeness (QED) is 0.585. The highest BCUT2D eigenvalue weighted by atomic mass is 32.1. The van der Waals surface area contributed by atoms with Gasteiger partial charge in [-0.15, -0.1) is 11.3 Å². The number of anilines is 2. The lowest BCUT2D eigenvalue weighted by atomic mass is 10.1. The summed E-state index contributed by atoms with van der Waals surface area (Å²) < 4.78 is 28.6. The first-order valence-corrected chi connectivity index (χ1v) is 10.7. The lowest BCUT2D eigenvalue weighted by Gasteiger charge is -2.38. The molecule has 2 aliphatic rings. The van der Waals surface area contributed by atoms with Crippen LogP contribution in [0.5, 0.6) is 0 Å². The van der Waals surface area contributed by atoms with Gasteiger partial charge in [-0.2, -0.15) is 0 Å². The van der Waals surface area contributed by atoms with E-state index in [-0.39, 0.29) is 11.6 Å². The highest BCUT2D eigenvalue weighted by Crippen LogP contribution is 2.43. The smallest absolute Gasteiger partial charge is 0.140 e. The number of hydrogen-bond donors (Lipinski definition) is 1. The molecule has 4 nitrogen and oxygen atoms in total. The van der Waals surface area contributed by atoms with Crippen molar-refractivity contribution in [2.45, 2.75) is 19.9 Å². The van der Waals surface area contributed by atoms with E-state index in [0.29, 0.717) is 17.4 Å². The molecule has 0 bridgehead atoms. The van der Waals surface area contributed by atoms with Gasteiger partial charge in [0.1, 0.15) is 22.5 Å². The summed E-state index contributed by atoms with van der Waals surface area (Å²) in [6.45, 7) is 8.09. The number of aliphatic imine (C=N–C) groups is 1. The molecule has 0 radical (unpaired) electrons. The number of halogens is 2. The summed E-state index contributed by atoms with van der Waals surface area (Å²) in [6, 6.07) is 9.98. The predicted octanol–water partition coefficient (Wildman–Crippen LogP) is 5.34. The van der Waals surface area contributed by atoms with Gasteiger partial charge in [0, 0.05) is 42.3 Å². The molecule has 150 valence electrons. The van der Waals surface area contributed by atoms with Crippen LogP contribution in [0, 0.1) is 11.6 Å². The minimum absolute atomic E-state index is 0.260. The zero-order valence-corrected chi connectivity index (χ0v) is 17.2. The summed E-state index contributed by atoms with van der Waals surface area (Å²) in [6.07, 6.45) is 0. The second-order valence-corrected chi connectivity index (χ2v) is 8.84. The van der Waals surface area contributed by atoms with Crippen LogP contribution in [0.3, 0.4) is 0 Å². The largest absolute Gasteiger partial charge is 0.353 e. The topological polar surface area (TPSA) is 30.9 Å². The number of hydrogen-bond acceptors (Lipinski definition) is 5. The maximum Gasteiger partial charge on any atom is 0.140 e. The van der Waals surface area contributed by atoms with E-state index in [9.17, 15) is 8.78 Å². The number of thiophene rings is 1. The third-order valence-electron chi connectivity index (χ3n) is 5.65. The van der Waals surface area contributed by atoms with E-state index in [2.05, 4.69) is 29.0 Å².